The van der Waals surface area contributed by atoms with Crippen LogP contribution in [0.15, 0.2) is 65.7 Å². The van der Waals surface area contributed by atoms with Crippen LogP contribution in [0.5, 0.6) is 0 Å². The number of hydrogen-bond donors (Lipinski definition) is 1. The maximum atomic E-state index is 14.3. The lowest BCUT2D eigenvalue weighted by molar-refractivity contribution is -0.200. The number of aliphatic imine (C=N–C) groups is 1. The number of alkyl halides is 3. The summed E-state index contributed by atoms with van der Waals surface area (Å²) in [5.74, 6) is -2.42. The second-order valence-corrected chi connectivity index (χ2v) is 7.77. The first-order chi connectivity index (χ1) is 15.3. The van der Waals surface area contributed by atoms with E-state index in [0.717, 1.165) is 11.3 Å². The van der Waals surface area contributed by atoms with Crippen molar-refractivity contribution in [3.05, 3.63) is 71.8 Å². The summed E-state index contributed by atoms with van der Waals surface area (Å²) in [7, 11) is 0. The second kappa shape index (κ2) is 8.74. The van der Waals surface area contributed by atoms with Crippen molar-refractivity contribution in [3.63, 3.8) is 0 Å². The summed E-state index contributed by atoms with van der Waals surface area (Å²) >= 11 is 0. The highest BCUT2D eigenvalue weighted by atomic mass is 19.4. The molecule has 0 saturated carbocycles. The normalized spacial score (nSPS) is 23.3. The quantitative estimate of drug-likeness (QED) is 0.743. The Morgan fingerprint density at radius 3 is 2.38 bits per heavy atom. The lowest BCUT2D eigenvalue weighted by Gasteiger charge is -2.30. The first-order valence-corrected chi connectivity index (χ1v) is 10.3. The summed E-state index contributed by atoms with van der Waals surface area (Å²) in [6.45, 7) is 0.418. The van der Waals surface area contributed by atoms with E-state index >= 15 is 0 Å². The van der Waals surface area contributed by atoms with Gasteiger partial charge in [0.25, 0.3) is 5.91 Å². The van der Waals surface area contributed by atoms with Gasteiger partial charge in [-0.15, -0.1) is 0 Å². The van der Waals surface area contributed by atoms with E-state index in [4.69, 9.17) is 4.74 Å². The Morgan fingerprint density at radius 1 is 1.12 bits per heavy atom. The minimum absolute atomic E-state index is 0.0705. The molecule has 6 nitrogen and oxygen atoms in total. The van der Waals surface area contributed by atoms with Crippen LogP contribution in [0.3, 0.4) is 0 Å². The van der Waals surface area contributed by atoms with Crippen LogP contribution in [0.25, 0.3) is 0 Å². The van der Waals surface area contributed by atoms with Gasteiger partial charge in [-0.05, 0) is 18.4 Å². The molecule has 0 aliphatic carbocycles. The molecule has 0 radical (unpaired) electrons. The molecule has 168 valence electrons. The van der Waals surface area contributed by atoms with E-state index in [1.54, 1.807) is 60.7 Å². The average Bonchev–Trinajstić information content (AvgIpc) is 3.37. The third-order valence-electron chi connectivity index (χ3n) is 5.46. The number of hydrogen-bond acceptors (Lipinski definition) is 4. The molecular weight excluding hydrogens is 423 g/mol. The first-order valence-electron chi connectivity index (χ1n) is 10.3. The molecule has 32 heavy (non-hydrogen) atoms. The minimum atomic E-state index is -5.14. The Hall–Kier alpha value is -3.20. The summed E-state index contributed by atoms with van der Waals surface area (Å²) < 4.78 is 48.6. The Bertz CT molecular complexity index is 1010. The van der Waals surface area contributed by atoms with Gasteiger partial charge in [0.2, 0.25) is 5.91 Å². The van der Waals surface area contributed by atoms with Crippen LogP contribution in [0, 0.1) is 0 Å². The molecule has 2 heterocycles. The van der Waals surface area contributed by atoms with E-state index < -0.39 is 29.8 Å². The highest BCUT2D eigenvalue weighted by molar-refractivity contribution is 6.16. The van der Waals surface area contributed by atoms with Crippen molar-refractivity contribution in [1.29, 1.82) is 0 Å². The van der Waals surface area contributed by atoms with E-state index in [0.29, 0.717) is 24.2 Å². The molecule has 2 aromatic rings. The largest absolute Gasteiger partial charge is 0.442 e. The van der Waals surface area contributed by atoms with Crippen LogP contribution < -0.4 is 5.32 Å². The van der Waals surface area contributed by atoms with Crippen LogP contribution in [-0.2, 0) is 20.7 Å². The average molecular weight is 445 g/mol. The molecule has 2 aromatic carbocycles. The monoisotopic (exact) mass is 445 g/mol. The highest BCUT2D eigenvalue weighted by Crippen LogP contribution is 2.39. The molecule has 2 amide bonds. The molecule has 0 bridgehead atoms. The van der Waals surface area contributed by atoms with E-state index in [2.05, 4.69) is 4.99 Å². The van der Waals surface area contributed by atoms with Crippen molar-refractivity contribution in [2.45, 2.75) is 37.2 Å². The van der Waals surface area contributed by atoms with Gasteiger partial charge in [-0.3, -0.25) is 14.5 Å². The van der Waals surface area contributed by atoms with E-state index in [1.807, 2.05) is 5.32 Å². The van der Waals surface area contributed by atoms with Gasteiger partial charge in [-0.1, -0.05) is 60.7 Å². The molecule has 1 saturated heterocycles. The zero-order valence-electron chi connectivity index (χ0n) is 17.1. The number of halogens is 3. The van der Waals surface area contributed by atoms with Gasteiger partial charge in [0.1, 0.15) is 5.84 Å². The predicted octanol–water partition coefficient (Wildman–Crippen LogP) is 3.07. The van der Waals surface area contributed by atoms with Crippen LogP contribution >= 0.6 is 0 Å². The Balaban J connectivity index is 1.70. The number of amides is 2. The zero-order chi connectivity index (χ0) is 22.8. The number of amidine groups is 1. The number of carbonyl (C=O) groups is 2. The second-order valence-electron chi connectivity index (χ2n) is 7.77. The van der Waals surface area contributed by atoms with Crippen molar-refractivity contribution in [1.82, 2.24) is 10.2 Å². The zero-order valence-corrected chi connectivity index (χ0v) is 17.1. The number of benzene rings is 2. The maximum absolute atomic E-state index is 14.3. The van der Waals surface area contributed by atoms with Gasteiger partial charge in [0.05, 0.1) is 19.1 Å². The molecule has 2 aliphatic rings. The third-order valence-corrected chi connectivity index (χ3v) is 5.46. The minimum Gasteiger partial charge on any atom is -0.376 e. The van der Waals surface area contributed by atoms with Crippen molar-refractivity contribution >= 4 is 17.6 Å². The Morgan fingerprint density at radius 2 is 1.78 bits per heavy atom. The maximum Gasteiger partial charge on any atom is 0.442 e. The fourth-order valence-corrected chi connectivity index (χ4v) is 3.89. The Kier molecular flexibility index (Phi) is 6.01. The van der Waals surface area contributed by atoms with Crippen molar-refractivity contribution in [3.8, 4) is 0 Å². The molecule has 4 rings (SSSR count). The lowest BCUT2D eigenvalue weighted by Crippen LogP contribution is -2.64. The molecule has 2 aliphatic heterocycles. The topological polar surface area (TPSA) is 71.0 Å². The molecule has 1 fully saturated rings. The highest BCUT2D eigenvalue weighted by Gasteiger charge is 2.67. The molecule has 1 N–H and O–H groups in total. The van der Waals surface area contributed by atoms with Crippen LogP contribution in [0.4, 0.5) is 13.2 Å². The smallest absolute Gasteiger partial charge is 0.376 e. The van der Waals surface area contributed by atoms with Crippen molar-refractivity contribution in [2.24, 2.45) is 4.99 Å². The summed E-state index contributed by atoms with van der Waals surface area (Å²) in [6, 6.07) is 16.5. The lowest BCUT2D eigenvalue weighted by atomic mass is 10.1. The van der Waals surface area contributed by atoms with Gasteiger partial charge in [-0.2, -0.15) is 13.2 Å². The molecule has 0 aromatic heterocycles. The summed E-state index contributed by atoms with van der Waals surface area (Å²) in [6.07, 6.45) is -4.44. The van der Waals surface area contributed by atoms with E-state index in [1.165, 1.54) is 0 Å². The van der Waals surface area contributed by atoms with Crippen LogP contribution in [-0.4, -0.2) is 53.6 Å². The summed E-state index contributed by atoms with van der Waals surface area (Å²) in [4.78, 5) is 30.7. The fourth-order valence-electron chi connectivity index (χ4n) is 3.89. The molecule has 2 unspecified atom stereocenters. The van der Waals surface area contributed by atoms with E-state index in [9.17, 15) is 22.8 Å². The van der Waals surface area contributed by atoms with Crippen LogP contribution in [0.1, 0.15) is 24.0 Å². The van der Waals surface area contributed by atoms with Gasteiger partial charge >= 0.3 is 11.8 Å². The summed E-state index contributed by atoms with van der Waals surface area (Å²) in [5, 5.41) is 1.90. The SMILES string of the molecule is O=C(Cc1ccccc1)NC1(C(F)(F)F)N=C(c2ccccc2)N(CC2CCCO2)C1=O. The third kappa shape index (κ3) is 4.25. The first kappa shape index (κ1) is 22.0. The molecule has 0 spiro atoms. The van der Waals surface area contributed by atoms with Crippen LogP contribution in [0.2, 0.25) is 0 Å². The number of ether oxygens (including phenoxy) is 1. The molecule has 9 heteroatoms. The van der Waals surface area contributed by atoms with Gasteiger partial charge < -0.3 is 10.1 Å². The van der Waals surface area contributed by atoms with E-state index in [-0.39, 0.29) is 18.8 Å². The Labute approximate surface area is 183 Å². The summed E-state index contributed by atoms with van der Waals surface area (Å²) in [5.41, 5.74) is -2.51. The predicted molar refractivity (Wildman–Crippen MR) is 111 cm³/mol. The fraction of sp³-hybridized carbons (Fsp3) is 0.348. The number of nitrogens with zero attached hydrogens (tertiary/aromatic N) is 2. The van der Waals surface area contributed by atoms with Gasteiger partial charge in [0, 0.05) is 12.2 Å². The van der Waals surface area contributed by atoms with Gasteiger partial charge in [0.15, 0.2) is 0 Å². The van der Waals surface area contributed by atoms with Crippen molar-refractivity contribution < 1.29 is 27.5 Å². The van der Waals surface area contributed by atoms with Crippen molar-refractivity contribution in [2.75, 3.05) is 13.2 Å². The standard InChI is InChI=1S/C23H22F3N3O3/c24-23(25,26)22(27-19(30)14-16-8-3-1-4-9-16)21(31)29(15-18-12-7-13-32-18)20(28-22)17-10-5-2-6-11-17/h1-6,8-11,18H,7,12-15H2,(H,27,30). The number of carbonyl (C=O) groups excluding carboxylic acids is 2. The number of rotatable bonds is 6. The molecular formula is C23H22F3N3O3. The molecule has 2 atom stereocenters. The number of nitrogens with one attached hydrogen (secondary N) is 1. The van der Waals surface area contributed by atoms with Gasteiger partial charge in [-0.25, -0.2) is 4.99 Å².